The van der Waals surface area contributed by atoms with Crippen molar-refractivity contribution in [1.29, 1.82) is 0 Å². The lowest BCUT2D eigenvalue weighted by molar-refractivity contribution is 0.0691. The SMILES string of the molecule is O[C@@H]1c2ncsc2CC[C@H]1[C@H]1c2ccccc2-c2cncn21.O[C@H]1c2ncsc2CC[C@@H]1[C@@H]1c2ccccc2-c2cncn21. The molecule has 220 valence electrons. The average molecular weight is 619 g/mol. The largest absolute Gasteiger partial charge is 0.386 e. The van der Waals surface area contributed by atoms with Crippen molar-refractivity contribution < 1.29 is 10.2 Å². The molecule has 6 atom stereocenters. The van der Waals surface area contributed by atoms with Gasteiger partial charge < -0.3 is 19.3 Å². The van der Waals surface area contributed by atoms with Crippen molar-refractivity contribution in [2.75, 3.05) is 0 Å². The van der Waals surface area contributed by atoms with Crippen LogP contribution in [0.5, 0.6) is 0 Å². The Morgan fingerprint density at radius 2 is 1.09 bits per heavy atom. The predicted molar refractivity (Wildman–Crippen MR) is 169 cm³/mol. The molecular weight excluding hydrogens is 589 g/mol. The van der Waals surface area contributed by atoms with Crippen LogP contribution >= 0.6 is 22.7 Å². The minimum Gasteiger partial charge on any atom is -0.386 e. The van der Waals surface area contributed by atoms with Gasteiger partial charge in [0.15, 0.2) is 0 Å². The van der Waals surface area contributed by atoms with E-state index in [4.69, 9.17) is 0 Å². The Kier molecular flexibility index (Phi) is 6.19. The summed E-state index contributed by atoms with van der Waals surface area (Å²) in [6.07, 6.45) is 10.6. The smallest absolute Gasteiger partial charge is 0.102 e. The summed E-state index contributed by atoms with van der Waals surface area (Å²) < 4.78 is 4.44. The van der Waals surface area contributed by atoms with Crippen LogP contribution in [-0.4, -0.2) is 39.3 Å². The van der Waals surface area contributed by atoms with Crippen LogP contribution in [0.15, 0.2) is 84.6 Å². The molecule has 0 spiro atoms. The maximum Gasteiger partial charge on any atom is 0.102 e. The van der Waals surface area contributed by atoms with Crippen LogP contribution < -0.4 is 0 Å². The Morgan fingerprint density at radius 1 is 0.636 bits per heavy atom. The second kappa shape index (κ2) is 10.3. The molecule has 2 aromatic carbocycles. The number of hydrogen-bond acceptors (Lipinski definition) is 8. The third-order valence-electron chi connectivity index (χ3n) is 9.98. The molecule has 0 fully saturated rings. The van der Waals surface area contributed by atoms with Gasteiger partial charge in [0.05, 0.1) is 70.9 Å². The fourth-order valence-electron chi connectivity index (χ4n) is 8.01. The highest BCUT2D eigenvalue weighted by molar-refractivity contribution is 7.10. The summed E-state index contributed by atoms with van der Waals surface area (Å²) in [5.74, 6) is 0.289. The van der Waals surface area contributed by atoms with Gasteiger partial charge in [-0.2, -0.15) is 0 Å². The van der Waals surface area contributed by atoms with Crippen molar-refractivity contribution >= 4 is 22.7 Å². The molecule has 10 rings (SSSR count). The molecule has 2 aliphatic heterocycles. The summed E-state index contributed by atoms with van der Waals surface area (Å²) in [5.41, 5.74) is 12.8. The zero-order valence-electron chi connectivity index (χ0n) is 23.8. The number of fused-ring (bicyclic) bond motifs is 8. The van der Waals surface area contributed by atoms with E-state index in [-0.39, 0.29) is 23.9 Å². The van der Waals surface area contributed by atoms with Gasteiger partial charge in [0.2, 0.25) is 0 Å². The first-order chi connectivity index (χ1) is 21.7. The summed E-state index contributed by atoms with van der Waals surface area (Å²) in [7, 11) is 0. The van der Waals surface area contributed by atoms with Crippen molar-refractivity contribution in [2.45, 2.75) is 50.0 Å². The number of aliphatic hydroxyl groups is 2. The van der Waals surface area contributed by atoms with Gasteiger partial charge in [-0.05, 0) is 36.8 Å². The van der Waals surface area contributed by atoms with Crippen LogP contribution in [0.4, 0.5) is 0 Å². The minimum atomic E-state index is -0.499. The Morgan fingerprint density at radius 3 is 1.57 bits per heavy atom. The fraction of sp³-hybridized carbons (Fsp3) is 0.294. The summed E-state index contributed by atoms with van der Waals surface area (Å²) in [6, 6.07) is 17.2. The number of nitrogens with zero attached hydrogens (tertiary/aromatic N) is 6. The molecule has 4 aromatic heterocycles. The van der Waals surface area contributed by atoms with Gasteiger partial charge in [-0.25, -0.2) is 19.9 Å². The van der Waals surface area contributed by atoms with E-state index in [1.807, 2.05) is 36.1 Å². The highest BCUT2D eigenvalue weighted by atomic mass is 32.1. The van der Waals surface area contributed by atoms with E-state index >= 15 is 0 Å². The molecule has 6 aromatic rings. The van der Waals surface area contributed by atoms with Crippen LogP contribution in [0, 0.1) is 11.8 Å². The first kappa shape index (κ1) is 26.4. The van der Waals surface area contributed by atoms with E-state index in [2.05, 4.69) is 77.6 Å². The Labute approximate surface area is 262 Å². The van der Waals surface area contributed by atoms with Crippen LogP contribution in [0.3, 0.4) is 0 Å². The van der Waals surface area contributed by atoms with Crippen molar-refractivity contribution in [3.8, 4) is 22.5 Å². The molecule has 2 N–H and O–H groups in total. The van der Waals surface area contributed by atoms with E-state index in [1.165, 1.54) is 32.0 Å². The molecule has 4 aliphatic rings. The van der Waals surface area contributed by atoms with Gasteiger partial charge in [0.1, 0.15) is 12.2 Å². The molecule has 44 heavy (non-hydrogen) atoms. The van der Waals surface area contributed by atoms with E-state index < -0.39 is 12.2 Å². The molecule has 2 aliphatic carbocycles. The molecule has 0 bridgehead atoms. The van der Waals surface area contributed by atoms with Crippen LogP contribution in [0.25, 0.3) is 22.5 Å². The number of imidazole rings is 2. The number of thiazole rings is 2. The molecule has 0 unspecified atom stereocenters. The van der Waals surface area contributed by atoms with Gasteiger partial charge in [-0.15, -0.1) is 22.7 Å². The normalized spacial score (nSPS) is 25.6. The van der Waals surface area contributed by atoms with Crippen molar-refractivity contribution in [3.05, 3.63) is 117 Å². The van der Waals surface area contributed by atoms with E-state index in [1.54, 1.807) is 22.7 Å². The Bertz CT molecular complexity index is 1850. The molecule has 6 heterocycles. The lowest BCUT2D eigenvalue weighted by Gasteiger charge is -2.33. The number of benzene rings is 2. The third-order valence-corrected chi connectivity index (χ3v) is 11.8. The number of aryl methyl sites for hydroxylation is 2. The van der Waals surface area contributed by atoms with Gasteiger partial charge in [0.25, 0.3) is 0 Å². The number of aliphatic hydroxyl groups excluding tert-OH is 2. The van der Waals surface area contributed by atoms with Gasteiger partial charge >= 0.3 is 0 Å². The second-order valence-corrected chi connectivity index (χ2v) is 13.9. The first-order valence-electron chi connectivity index (χ1n) is 15.1. The third kappa shape index (κ3) is 3.88. The maximum absolute atomic E-state index is 10.9. The number of rotatable bonds is 2. The lowest BCUT2D eigenvalue weighted by atomic mass is 9.80. The summed E-state index contributed by atoms with van der Waals surface area (Å²) >= 11 is 3.31. The standard InChI is InChI=1S/2C17H15N3OS/c2*21-17-12(5-6-14-15(17)19-9-22-14)16-11-4-2-1-3-10(11)13-7-18-8-20(13)16/h2*1-4,7-9,12,16-17,21H,5-6H2/t2*12-,16+,17-/m10/s1. The van der Waals surface area contributed by atoms with Crippen molar-refractivity contribution in [3.63, 3.8) is 0 Å². The predicted octanol–water partition coefficient (Wildman–Crippen LogP) is 6.41. The van der Waals surface area contributed by atoms with Gasteiger partial charge in [0, 0.05) is 32.7 Å². The van der Waals surface area contributed by atoms with E-state index in [0.29, 0.717) is 0 Å². The molecule has 10 heteroatoms. The zero-order valence-corrected chi connectivity index (χ0v) is 25.4. The first-order valence-corrected chi connectivity index (χ1v) is 16.9. The van der Waals surface area contributed by atoms with Crippen LogP contribution in [0.1, 0.15) is 69.4 Å². The molecule has 0 radical (unpaired) electrons. The Hall–Kier alpha value is -3.96. The lowest BCUT2D eigenvalue weighted by Crippen LogP contribution is -2.28. The van der Waals surface area contributed by atoms with Crippen molar-refractivity contribution in [2.24, 2.45) is 11.8 Å². The quantitative estimate of drug-likeness (QED) is 0.233. The average Bonchev–Trinajstić information content (AvgIpc) is 3.88. The zero-order chi connectivity index (χ0) is 29.4. The van der Waals surface area contributed by atoms with Gasteiger partial charge in [-0.3, -0.25) is 0 Å². The van der Waals surface area contributed by atoms with E-state index in [9.17, 15) is 10.2 Å². The highest BCUT2D eigenvalue weighted by Crippen LogP contribution is 2.51. The number of aromatic nitrogens is 6. The molecule has 8 nitrogen and oxygen atoms in total. The molecule has 0 amide bonds. The molecular formula is C34H30N6O2S2. The summed E-state index contributed by atoms with van der Waals surface area (Å²) in [5, 5.41) is 21.7. The van der Waals surface area contributed by atoms with Crippen LogP contribution in [-0.2, 0) is 12.8 Å². The second-order valence-electron chi connectivity index (χ2n) is 12.1. The molecule has 0 saturated carbocycles. The van der Waals surface area contributed by atoms with Gasteiger partial charge in [-0.1, -0.05) is 48.5 Å². The fourth-order valence-corrected chi connectivity index (χ4v) is 9.66. The monoisotopic (exact) mass is 618 g/mol. The summed E-state index contributed by atoms with van der Waals surface area (Å²) in [6.45, 7) is 0. The summed E-state index contributed by atoms with van der Waals surface area (Å²) in [4.78, 5) is 19.9. The van der Waals surface area contributed by atoms with Crippen molar-refractivity contribution in [1.82, 2.24) is 29.1 Å². The Balaban J connectivity index is 0.000000123. The maximum atomic E-state index is 10.9. The topological polar surface area (TPSA) is 102 Å². The number of hydrogen-bond donors (Lipinski definition) is 2. The molecule has 0 saturated heterocycles. The van der Waals surface area contributed by atoms with E-state index in [0.717, 1.165) is 48.5 Å². The van der Waals surface area contributed by atoms with Crippen LogP contribution in [0.2, 0.25) is 0 Å². The highest BCUT2D eigenvalue weighted by Gasteiger charge is 2.42. The minimum absolute atomic E-state index is 0.145.